The molecule has 2 aliphatic rings. The average Bonchev–Trinajstić information content (AvgIpc) is 3.53. The van der Waals surface area contributed by atoms with Crippen LogP contribution in [-0.2, 0) is 6.54 Å². The van der Waals surface area contributed by atoms with Crippen molar-refractivity contribution < 1.29 is 4.39 Å². The second kappa shape index (κ2) is 7.27. The van der Waals surface area contributed by atoms with Gasteiger partial charge in [0, 0.05) is 43.1 Å². The van der Waals surface area contributed by atoms with Gasteiger partial charge in [0.15, 0.2) is 0 Å². The molecule has 0 bridgehead atoms. The predicted octanol–water partition coefficient (Wildman–Crippen LogP) is 3.44. The third-order valence-electron chi connectivity index (χ3n) is 6.66. The Labute approximate surface area is 185 Å². The van der Waals surface area contributed by atoms with Crippen LogP contribution in [0.5, 0.6) is 0 Å². The zero-order chi connectivity index (χ0) is 21.8. The van der Waals surface area contributed by atoms with Gasteiger partial charge in [0.25, 0.3) is 0 Å². The molecule has 1 atom stereocenters. The Morgan fingerprint density at radius 2 is 1.88 bits per heavy atom. The summed E-state index contributed by atoms with van der Waals surface area (Å²) in [7, 11) is 4.30. The van der Waals surface area contributed by atoms with Gasteiger partial charge in [-0.3, -0.25) is 0 Å². The number of halogens is 1. The fourth-order valence-corrected chi connectivity index (χ4v) is 4.82. The summed E-state index contributed by atoms with van der Waals surface area (Å²) in [5, 5.41) is 12.5. The summed E-state index contributed by atoms with van der Waals surface area (Å²) in [5.41, 5.74) is 6.33. The van der Waals surface area contributed by atoms with Crippen molar-refractivity contribution in [1.29, 1.82) is 0 Å². The maximum absolute atomic E-state index is 13.4. The maximum atomic E-state index is 13.4. The van der Waals surface area contributed by atoms with Crippen LogP contribution in [0, 0.1) is 5.82 Å². The molecule has 0 amide bonds. The van der Waals surface area contributed by atoms with Gasteiger partial charge in [-0.25, -0.2) is 4.39 Å². The number of aromatic nitrogens is 5. The van der Waals surface area contributed by atoms with Crippen LogP contribution in [0.4, 0.5) is 10.1 Å². The molecule has 1 saturated heterocycles. The maximum Gasteiger partial charge on any atom is 0.203 e. The largest absolute Gasteiger partial charge is 0.370 e. The first-order chi connectivity index (χ1) is 15.6. The topological polar surface area (TPSA) is 55.0 Å². The molecular weight excluding hydrogens is 405 g/mol. The van der Waals surface area contributed by atoms with Gasteiger partial charge in [0.1, 0.15) is 5.82 Å². The molecule has 2 aliphatic heterocycles. The molecule has 1 fully saturated rings. The molecule has 0 N–H and O–H groups in total. The van der Waals surface area contributed by atoms with Crippen molar-refractivity contribution in [2.45, 2.75) is 19.0 Å². The number of hydrogen-bond donors (Lipinski definition) is 0. The van der Waals surface area contributed by atoms with Crippen molar-refractivity contribution in [3.8, 4) is 28.3 Å². The van der Waals surface area contributed by atoms with Crippen molar-refractivity contribution >= 4 is 5.69 Å². The minimum absolute atomic E-state index is 0.238. The number of hydrogen-bond acceptors (Lipinski definition) is 5. The molecule has 6 rings (SSSR count). The molecule has 0 saturated carbocycles. The van der Waals surface area contributed by atoms with Crippen molar-refractivity contribution in [3.63, 3.8) is 0 Å². The van der Waals surface area contributed by atoms with E-state index in [1.807, 2.05) is 4.68 Å². The van der Waals surface area contributed by atoms with Gasteiger partial charge in [-0.2, -0.15) is 4.68 Å². The first-order valence-corrected chi connectivity index (χ1v) is 10.9. The Kier molecular flexibility index (Phi) is 4.36. The van der Waals surface area contributed by atoms with Crippen LogP contribution in [0.2, 0.25) is 0 Å². The molecular formula is C24H24FN7. The first kappa shape index (κ1) is 19.2. The lowest BCUT2D eigenvalue weighted by molar-refractivity contribution is 0.315. The Morgan fingerprint density at radius 3 is 2.66 bits per heavy atom. The summed E-state index contributed by atoms with van der Waals surface area (Å²) in [6.45, 7) is 2.79. The van der Waals surface area contributed by atoms with Crippen LogP contribution in [0.25, 0.3) is 28.3 Å². The van der Waals surface area contributed by atoms with E-state index in [4.69, 9.17) is 0 Å². The number of nitrogens with zero attached hydrogens (tertiary/aromatic N) is 7. The number of rotatable bonds is 3. The highest BCUT2D eigenvalue weighted by Gasteiger charge is 2.27. The lowest BCUT2D eigenvalue weighted by Crippen LogP contribution is -2.31. The van der Waals surface area contributed by atoms with E-state index in [0.29, 0.717) is 18.4 Å². The normalized spacial score (nSPS) is 17.2. The smallest absolute Gasteiger partial charge is 0.203 e. The van der Waals surface area contributed by atoms with E-state index in [2.05, 4.69) is 74.5 Å². The summed E-state index contributed by atoms with van der Waals surface area (Å²) in [4.78, 5) is 4.76. The number of tetrazole rings is 1. The van der Waals surface area contributed by atoms with E-state index in [0.717, 1.165) is 35.6 Å². The van der Waals surface area contributed by atoms with Gasteiger partial charge in [-0.15, -0.1) is 5.10 Å². The lowest BCUT2D eigenvalue weighted by atomic mass is 10.1. The molecule has 2 aromatic carbocycles. The Bertz CT molecular complexity index is 1290. The van der Waals surface area contributed by atoms with Gasteiger partial charge >= 0.3 is 0 Å². The number of likely N-dealkylation sites (N-methyl/N-ethyl adjacent to an activating group) is 1. The van der Waals surface area contributed by atoms with Crippen molar-refractivity contribution in [2.24, 2.45) is 0 Å². The molecule has 32 heavy (non-hydrogen) atoms. The highest BCUT2D eigenvalue weighted by molar-refractivity contribution is 5.71. The van der Waals surface area contributed by atoms with Crippen molar-refractivity contribution in [3.05, 3.63) is 66.1 Å². The molecule has 4 heterocycles. The summed E-state index contributed by atoms with van der Waals surface area (Å²) in [6, 6.07) is 15.8. The summed E-state index contributed by atoms with van der Waals surface area (Å²) >= 11 is 0. The molecule has 7 nitrogen and oxygen atoms in total. The Balaban J connectivity index is 1.41. The third-order valence-corrected chi connectivity index (χ3v) is 6.66. The van der Waals surface area contributed by atoms with Gasteiger partial charge in [0.05, 0.1) is 11.4 Å². The van der Waals surface area contributed by atoms with Crippen LogP contribution in [0.3, 0.4) is 0 Å². The standard InChI is InChI=1S/C24H24FN7/c1-29(2)21-9-10-30(15-21)20-7-8-22-18(11-20)14-31-13-17(16-3-5-19(25)6-4-16)12-23(31)24-26-27-28-32(22)24/h3-8,11-13,21H,9-10,14-15H2,1-2H3. The van der Waals surface area contributed by atoms with E-state index >= 15 is 0 Å². The second-order valence-corrected chi connectivity index (χ2v) is 8.83. The number of fused-ring (bicyclic) bond motifs is 5. The van der Waals surface area contributed by atoms with E-state index in [1.165, 1.54) is 29.8 Å². The fraction of sp³-hybridized carbons (Fsp3) is 0.292. The van der Waals surface area contributed by atoms with Crippen LogP contribution in [0.1, 0.15) is 12.0 Å². The highest BCUT2D eigenvalue weighted by atomic mass is 19.1. The van der Waals surface area contributed by atoms with Crippen LogP contribution in [-0.4, -0.2) is 62.9 Å². The SMILES string of the molecule is CN(C)C1CCN(c2ccc3c(c2)Cn2cc(-c4ccc(F)cc4)cc2-c2nnnn2-3)C1. The molecule has 4 aromatic rings. The minimum atomic E-state index is -0.238. The molecule has 2 aromatic heterocycles. The zero-order valence-electron chi connectivity index (χ0n) is 18.1. The van der Waals surface area contributed by atoms with E-state index in [1.54, 1.807) is 12.1 Å². The fourth-order valence-electron chi connectivity index (χ4n) is 4.82. The van der Waals surface area contributed by atoms with Gasteiger partial charge < -0.3 is 14.4 Å². The molecule has 0 spiro atoms. The summed E-state index contributed by atoms with van der Waals surface area (Å²) < 4.78 is 17.4. The van der Waals surface area contributed by atoms with E-state index in [9.17, 15) is 4.39 Å². The Hall–Kier alpha value is -3.52. The highest BCUT2D eigenvalue weighted by Crippen LogP contribution is 2.35. The molecule has 162 valence electrons. The third kappa shape index (κ3) is 3.10. The van der Waals surface area contributed by atoms with E-state index < -0.39 is 0 Å². The first-order valence-electron chi connectivity index (χ1n) is 10.9. The van der Waals surface area contributed by atoms with Crippen molar-refractivity contribution in [2.75, 3.05) is 32.1 Å². The van der Waals surface area contributed by atoms with Crippen LogP contribution >= 0.6 is 0 Å². The molecule has 8 heteroatoms. The minimum Gasteiger partial charge on any atom is -0.370 e. The van der Waals surface area contributed by atoms with Crippen LogP contribution < -0.4 is 4.90 Å². The molecule has 1 unspecified atom stereocenters. The lowest BCUT2D eigenvalue weighted by Gasteiger charge is -2.23. The van der Waals surface area contributed by atoms with Gasteiger partial charge in [-0.05, 0) is 78.5 Å². The molecule has 0 radical (unpaired) electrons. The van der Waals surface area contributed by atoms with Gasteiger partial charge in [0.2, 0.25) is 5.82 Å². The second-order valence-electron chi connectivity index (χ2n) is 8.83. The Morgan fingerprint density at radius 1 is 1.03 bits per heavy atom. The zero-order valence-corrected chi connectivity index (χ0v) is 18.1. The summed E-state index contributed by atoms with van der Waals surface area (Å²) in [5.74, 6) is 0.469. The quantitative estimate of drug-likeness (QED) is 0.440. The van der Waals surface area contributed by atoms with Crippen LogP contribution in [0.15, 0.2) is 54.7 Å². The molecule has 0 aliphatic carbocycles. The number of benzene rings is 2. The number of anilines is 1. The van der Waals surface area contributed by atoms with Crippen molar-refractivity contribution in [1.82, 2.24) is 29.7 Å². The van der Waals surface area contributed by atoms with E-state index in [-0.39, 0.29) is 5.82 Å². The monoisotopic (exact) mass is 429 g/mol. The van der Waals surface area contributed by atoms with Gasteiger partial charge in [-0.1, -0.05) is 12.1 Å². The average molecular weight is 430 g/mol. The predicted molar refractivity (Wildman–Crippen MR) is 121 cm³/mol. The summed E-state index contributed by atoms with van der Waals surface area (Å²) in [6.07, 6.45) is 3.27.